The number of aliphatic hydroxyl groups is 1. The lowest BCUT2D eigenvalue weighted by atomic mass is 10.00. The van der Waals surface area contributed by atoms with Crippen molar-refractivity contribution in [1.82, 2.24) is 4.90 Å². The van der Waals surface area contributed by atoms with Crippen molar-refractivity contribution in [3.05, 3.63) is 65.0 Å². The van der Waals surface area contributed by atoms with Crippen LogP contribution in [-0.4, -0.2) is 41.6 Å². The van der Waals surface area contributed by atoms with Crippen molar-refractivity contribution >= 4 is 5.78 Å². The maximum absolute atomic E-state index is 13.3. The average Bonchev–Trinajstić information content (AvgIpc) is 2.60. The second kappa shape index (κ2) is 7.76. The molecule has 3 rings (SSSR count). The predicted molar refractivity (Wildman–Crippen MR) is 93.3 cm³/mol. The van der Waals surface area contributed by atoms with Gasteiger partial charge in [0.25, 0.3) is 0 Å². The third-order valence-corrected chi connectivity index (χ3v) is 4.43. The lowest BCUT2D eigenvalue weighted by Gasteiger charge is -2.30. The Kier molecular flexibility index (Phi) is 5.46. The van der Waals surface area contributed by atoms with E-state index in [4.69, 9.17) is 4.74 Å². The first-order chi connectivity index (χ1) is 12.0. The zero-order chi connectivity index (χ0) is 17.8. The van der Waals surface area contributed by atoms with Crippen LogP contribution in [0.4, 0.5) is 4.39 Å². The van der Waals surface area contributed by atoms with Gasteiger partial charge in [-0.05, 0) is 42.7 Å². The molecule has 1 unspecified atom stereocenters. The van der Waals surface area contributed by atoms with Crippen LogP contribution in [0.2, 0.25) is 0 Å². The molecular weight excluding hydrogens is 321 g/mol. The molecule has 1 atom stereocenters. The molecule has 2 aromatic rings. The monoisotopic (exact) mass is 343 g/mol. The molecule has 132 valence electrons. The van der Waals surface area contributed by atoms with E-state index < -0.39 is 11.9 Å². The summed E-state index contributed by atoms with van der Waals surface area (Å²) in [5.41, 5.74) is 2.85. The molecule has 5 heteroatoms. The van der Waals surface area contributed by atoms with E-state index in [1.807, 2.05) is 12.1 Å². The van der Waals surface area contributed by atoms with Gasteiger partial charge in [-0.3, -0.25) is 9.69 Å². The number of ketones is 1. The summed E-state index contributed by atoms with van der Waals surface area (Å²) >= 11 is 0. The molecule has 0 amide bonds. The number of carbonyl (C=O) groups excluding carboxylic acids is 1. The number of hydrogen-bond acceptors (Lipinski definition) is 4. The summed E-state index contributed by atoms with van der Waals surface area (Å²) in [4.78, 5) is 13.8. The number of halogens is 1. The van der Waals surface area contributed by atoms with Gasteiger partial charge < -0.3 is 9.84 Å². The molecule has 0 radical (unpaired) electrons. The molecule has 0 fully saturated rings. The van der Waals surface area contributed by atoms with Gasteiger partial charge in [0.2, 0.25) is 0 Å². The quantitative estimate of drug-likeness (QED) is 0.820. The summed E-state index contributed by atoms with van der Waals surface area (Å²) in [5.74, 6) is -0.446. The number of carbonyl (C=O) groups is 1. The lowest BCUT2D eigenvalue weighted by Crippen LogP contribution is -2.38. The van der Waals surface area contributed by atoms with Gasteiger partial charge in [-0.1, -0.05) is 24.3 Å². The van der Waals surface area contributed by atoms with Crippen LogP contribution in [0, 0.1) is 5.82 Å². The Bertz CT molecular complexity index is 762. The first-order valence-corrected chi connectivity index (χ1v) is 8.43. The van der Waals surface area contributed by atoms with E-state index in [0.29, 0.717) is 12.3 Å². The van der Waals surface area contributed by atoms with Crippen molar-refractivity contribution in [2.24, 2.45) is 0 Å². The number of fused-ring (bicyclic) bond motifs is 1. The van der Waals surface area contributed by atoms with Crippen molar-refractivity contribution in [1.29, 1.82) is 0 Å². The van der Waals surface area contributed by atoms with E-state index in [-0.39, 0.29) is 18.0 Å². The van der Waals surface area contributed by atoms with Crippen LogP contribution < -0.4 is 4.74 Å². The first-order valence-electron chi connectivity index (χ1n) is 8.43. The smallest absolute Gasteiger partial charge is 0.163 e. The molecule has 1 N–H and O–H groups in total. The lowest BCUT2D eigenvalue weighted by molar-refractivity contribution is 0.0631. The molecule has 0 saturated heterocycles. The molecule has 1 aliphatic heterocycles. The van der Waals surface area contributed by atoms with Gasteiger partial charge in [-0.2, -0.15) is 0 Å². The number of β-amino-alcohol motifs (C(OH)–C–C–N with tert-alkyl or cyclic N) is 1. The minimum Gasteiger partial charge on any atom is -0.490 e. The molecule has 25 heavy (non-hydrogen) atoms. The Morgan fingerprint density at radius 1 is 1.28 bits per heavy atom. The third-order valence-electron chi connectivity index (χ3n) is 4.43. The molecule has 0 saturated carbocycles. The first kappa shape index (κ1) is 17.6. The van der Waals surface area contributed by atoms with E-state index >= 15 is 0 Å². The Morgan fingerprint density at radius 2 is 2.04 bits per heavy atom. The predicted octanol–water partition coefficient (Wildman–Crippen LogP) is 2.83. The summed E-state index contributed by atoms with van der Waals surface area (Å²) in [6.45, 7) is 3.62. The standard InChI is InChI=1S/C20H22FNO3/c1-14(23)19-10-17(21)6-7-20(19)25-13-18(24)12-22-9-8-15-4-2-3-5-16(15)11-22/h2-7,10,18,24H,8-9,11-13H2,1H3. The van der Waals surface area contributed by atoms with Crippen molar-refractivity contribution in [2.45, 2.75) is 26.0 Å². The second-order valence-electron chi connectivity index (χ2n) is 6.42. The molecule has 1 heterocycles. The van der Waals surface area contributed by atoms with Crippen LogP contribution >= 0.6 is 0 Å². The van der Waals surface area contributed by atoms with E-state index in [0.717, 1.165) is 25.6 Å². The van der Waals surface area contributed by atoms with Crippen LogP contribution in [0.1, 0.15) is 28.4 Å². The molecule has 1 aliphatic rings. The van der Waals surface area contributed by atoms with Crippen molar-refractivity contribution in [3.8, 4) is 5.75 Å². The van der Waals surface area contributed by atoms with Gasteiger partial charge in [0, 0.05) is 19.6 Å². The molecular formula is C20H22FNO3. The molecule has 0 aromatic heterocycles. The maximum Gasteiger partial charge on any atom is 0.163 e. The second-order valence-corrected chi connectivity index (χ2v) is 6.42. The molecule has 0 spiro atoms. The molecule has 0 aliphatic carbocycles. The van der Waals surface area contributed by atoms with Gasteiger partial charge in [0.05, 0.1) is 5.56 Å². The number of aliphatic hydroxyl groups excluding tert-OH is 1. The molecule has 4 nitrogen and oxygen atoms in total. The number of benzene rings is 2. The molecule has 2 aromatic carbocycles. The zero-order valence-electron chi connectivity index (χ0n) is 14.2. The largest absolute Gasteiger partial charge is 0.490 e. The minimum absolute atomic E-state index is 0.0596. The molecule has 0 bridgehead atoms. The Balaban J connectivity index is 1.56. The fraction of sp³-hybridized carbons (Fsp3) is 0.350. The Hall–Kier alpha value is -2.24. The Morgan fingerprint density at radius 3 is 2.80 bits per heavy atom. The SMILES string of the molecule is CC(=O)c1cc(F)ccc1OCC(O)CN1CCc2ccccc2C1. The minimum atomic E-state index is -0.685. The fourth-order valence-corrected chi connectivity index (χ4v) is 3.15. The zero-order valence-corrected chi connectivity index (χ0v) is 14.2. The van der Waals surface area contributed by atoms with E-state index in [2.05, 4.69) is 17.0 Å². The summed E-state index contributed by atoms with van der Waals surface area (Å²) < 4.78 is 18.8. The number of rotatable bonds is 6. The number of nitrogens with zero attached hydrogens (tertiary/aromatic N) is 1. The van der Waals surface area contributed by atoms with E-state index in [9.17, 15) is 14.3 Å². The maximum atomic E-state index is 13.3. The average molecular weight is 343 g/mol. The van der Waals surface area contributed by atoms with Crippen LogP contribution in [0.15, 0.2) is 42.5 Å². The summed E-state index contributed by atoms with van der Waals surface area (Å²) in [6.07, 6.45) is 0.283. The van der Waals surface area contributed by atoms with Crippen LogP contribution in [0.3, 0.4) is 0 Å². The van der Waals surface area contributed by atoms with Gasteiger partial charge in [0.1, 0.15) is 24.3 Å². The van der Waals surface area contributed by atoms with Gasteiger partial charge >= 0.3 is 0 Å². The van der Waals surface area contributed by atoms with E-state index in [1.54, 1.807) is 0 Å². The number of hydrogen-bond donors (Lipinski definition) is 1. The summed E-state index contributed by atoms with van der Waals surface area (Å²) in [7, 11) is 0. The van der Waals surface area contributed by atoms with Crippen molar-refractivity contribution in [2.75, 3.05) is 19.7 Å². The van der Waals surface area contributed by atoms with Crippen LogP contribution in [0.5, 0.6) is 5.75 Å². The van der Waals surface area contributed by atoms with Gasteiger partial charge in [-0.15, -0.1) is 0 Å². The van der Waals surface area contributed by atoms with Crippen LogP contribution in [0.25, 0.3) is 0 Å². The van der Waals surface area contributed by atoms with Gasteiger partial charge in [-0.25, -0.2) is 4.39 Å². The highest BCUT2D eigenvalue weighted by atomic mass is 19.1. The highest BCUT2D eigenvalue weighted by Crippen LogP contribution is 2.21. The number of ether oxygens (including phenoxy) is 1. The highest BCUT2D eigenvalue weighted by Gasteiger charge is 2.19. The van der Waals surface area contributed by atoms with Crippen molar-refractivity contribution in [3.63, 3.8) is 0 Å². The number of Topliss-reactive ketones (excluding diaryl/α,β-unsaturated/α-hetero) is 1. The fourth-order valence-electron chi connectivity index (χ4n) is 3.15. The topological polar surface area (TPSA) is 49.8 Å². The highest BCUT2D eigenvalue weighted by molar-refractivity contribution is 5.96. The van der Waals surface area contributed by atoms with E-state index in [1.165, 1.54) is 30.2 Å². The van der Waals surface area contributed by atoms with Gasteiger partial charge in [0.15, 0.2) is 5.78 Å². The Labute approximate surface area is 146 Å². The van der Waals surface area contributed by atoms with Crippen molar-refractivity contribution < 1.29 is 19.0 Å². The summed E-state index contributed by atoms with van der Waals surface area (Å²) in [6, 6.07) is 12.2. The van der Waals surface area contributed by atoms with Crippen LogP contribution in [-0.2, 0) is 13.0 Å². The third kappa shape index (κ3) is 4.44. The normalized spacial score (nSPS) is 15.5. The summed E-state index contributed by atoms with van der Waals surface area (Å²) in [5, 5.41) is 10.3.